The van der Waals surface area contributed by atoms with Gasteiger partial charge < -0.3 is 5.32 Å². The number of anilines is 1. The number of thioether (sulfide) groups is 1. The van der Waals surface area contributed by atoms with Crippen molar-refractivity contribution in [3.05, 3.63) is 46.9 Å². The molecule has 1 aromatic carbocycles. The maximum atomic E-state index is 12.5. The number of nitrogens with one attached hydrogen (secondary N) is 1. The highest BCUT2D eigenvalue weighted by Gasteiger charge is 2.17. The number of para-hydroxylation sites is 1. The molecule has 1 atom stereocenters. The second kappa shape index (κ2) is 7.59. The smallest absolute Gasteiger partial charge is 0.237 e. The topological polar surface area (TPSA) is 54.9 Å². The highest BCUT2D eigenvalue weighted by Crippen LogP contribution is 2.25. The monoisotopic (exact) mass is 329 g/mol. The number of carbonyl (C=O) groups excluding carboxylic acids is 1. The van der Waals surface area contributed by atoms with Crippen LogP contribution in [-0.2, 0) is 11.2 Å². The van der Waals surface area contributed by atoms with E-state index in [9.17, 15) is 4.79 Å². The molecule has 0 saturated carbocycles. The molecule has 0 spiro atoms. The predicted molar refractivity (Wildman–Crippen MR) is 96.0 cm³/mol. The van der Waals surface area contributed by atoms with E-state index >= 15 is 0 Å². The summed E-state index contributed by atoms with van der Waals surface area (Å²) < 4.78 is 0. The zero-order valence-corrected chi connectivity index (χ0v) is 15.1. The molecule has 0 radical (unpaired) electrons. The standard InChI is InChI=1S/C18H23N3OS/c1-6-15-9-7-8-11(2)17(15)21-18(22)13(4)23-16-10-12(3)19-14(5)20-16/h7-10,13H,6H2,1-5H3,(H,21,22). The SMILES string of the molecule is CCc1cccc(C)c1NC(=O)C(C)Sc1cc(C)nc(C)n1. The highest BCUT2D eigenvalue weighted by atomic mass is 32.2. The third kappa shape index (κ3) is 4.55. The molecule has 0 fully saturated rings. The van der Waals surface area contributed by atoms with Gasteiger partial charge in [0.1, 0.15) is 10.9 Å². The molecule has 2 aromatic rings. The maximum Gasteiger partial charge on any atom is 0.237 e. The molecule has 4 nitrogen and oxygen atoms in total. The Morgan fingerprint density at radius 2 is 2.00 bits per heavy atom. The van der Waals surface area contributed by atoms with Gasteiger partial charge in [-0.25, -0.2) is 9.97 Å². The second-order valence-electron chi connectivity index (χ2n) is 5.61. The number of hydrogen-bond acceptors (Lipinski definition) is 4. The first-order valence-corrected chi connectivity index (χ1v) is 8.67. The number of aromatic nitrogens is 2. The van der Waals surface area contributed by atoms with Crippen molar-refractivity contribution in [3.8, 4) is 0 Å². The van der Waals surface area contributed by atoms with Crippen molar-refractivity contribution in [1.82, 2.24) is 9.97 Å². The van der Waals surface area contributed by atoms with Crippen LogP contribution >= 0.6 is 11.8 Å². The Labute approximate surface area is 142 Å². The van der Waals surface area contributed by atoms with Crippen LogP contribution in [0.25, 0.3) is 0 Å². The van der Waals surface area contributed by atoms with Crippen molar-refractivity contribution < 1.29 is 4.79 Å². The summed E-state index contributed by atoms with van der Waals surface area (Å²) >= 11 is 1.46. The largest absolute Gasteiger partial charge is 0.325 e. The Balaban J connectivity index is 2.11. The van der Waals surface area contributed by atoms with E-state index in [-0.39, 0.29) is 11.2 Å². The lowest BCUT2D eigenvalue weighted by Crippen LogP contribution is -2.23. The third-order valence-electron chi connectivity index (χ3n) is 3.60. The molecule has 1 N–H and O–H groups in total. The highest BCUT2D eigenvalue weighted by molar-refractivity contribution is 8.00. The summed E-state index contributed by atoms with van der Waals surface area (Å²) in [4.78, 5) is 21.2. The minimum Gasteiger partial charge on any atom is -0.325 e. The summed E-state index contributed by atoms with van der Waals surface area (Å²) in [6, 6.07) is 8.00. The summed E-state index contributed by atoms with van der Waals surface area (Å²) in [6.45, 7) is 9.81. The van der Waals surface area contributed by atoms with Crippen LogP contribution in [0.15, 0.2) is 29.3 Å². The summed E-state index contributed by atoms with van der Waals surface area (Å²) in [6.07, 6.45) is 0.892. The number of hydrogen-bond donors (Lipinski definition) is 1. The van der Waals surface area contributed by atoms with Gasteiger partial charge >= 0.3 is 0 Å². The van der Waals surface area contributed by atoms with Crippen LogP contribution in [0.2, 0.25) is 0 Å². The van der Waals surface area contributed by atoms with Crippen LogP contribution in [-0.4, -0.2) is 21.1 Å². The van der Waals surface area contributed by atoms with Crippen LogP contribution < -0.4 is 5.32 Å². The summed E-state index contributed by atoms with van der Waals surface area (Å²) in [5.74, 6) is 0.722. The Morgan fingerprint density at radius 3 is 2.65 bits per heavy atom. The van der Waals surface area contributed by atoms with Crippen molar-refractivity contribution >= 4 is 23.4 Å². The van der Waals surface area contributed by atoms with E-state index in [0.717, 1.165) is 39.8 Å². The zero-order valence-electron chi connectivity index (χ0n) is 14.3. The normalized spacial score (nSPS) is 12.0. The van der Waals surface area contributed by atoms with Crippen molar-refractivity contribution in [2.24, 2.45) is 0 Å². The molecule has 1 heterocycles. The molecule has 0 aliphatic carbocycles. The van der Waals surface area contributed by atoms with Crippen LogP contribution in [0, 0.1) is 20.8 Å². The van der Waals surface area contributed by atoms with Gasteiger partial charge in [0.05, 0.1) is 5.25 Å². The van der Waals surface area contributed by atoms with Crippen LogP contribution in [0.3, 0.4) is 0 Å². The molecular formula is C18H23N3OS. The van der Waals surface area contributed by atoms with E-state index in [1.807, 2.05) is 45.9 Å². The van der Waals surface area contributed by atoms with Crippen molar-refractivity contribution in [1.29, 1.82) is 0 Å². The van der Waals surface area contributed by atoms with Crippen LogP contribution in [0.5, 0.6) is 0 Å². The predicted octanol–water partition coefficient (Wildman–Crippen LogP) is 4.08. The molecule has 122 valence electrons. The Bertz CT molecular complexity index is 695. The molecule has 0 bridgehead atoms. The fourth-order valence-electron chi connectivity index (χ4n) is 2.40. The summed E-state index contributed by atoms with van der Waals surface area (Å²) in [5, 5.41) is 3.68. The Morgan fingerprint density at radius 1 is 1.26 bits per heavy atom. The van der Waals surface area contributed by atoms with E-state index in [1.165, 1.54) is 11.8 Å². The maximum absolute atomic E-state index is 12.5. The van der Waals surface area contributed by atoms with E-state index in [4.69, 9.17) is 0 Å². The van der Waals surface area contributed by atoms with Gasteiger partial charge in [0.2, 0.25) is 5.91 Å². The van der Waals surface area contributed by atoms with E-state index in [2.05, 4.69) is 28.3 Å². The molecule has 2 rings (SSSR count). The summed E-state index contributed by atoms with van der Waals surface area (Å²) in [5.41, 5.74) is 4.09. The molecule has 23 heavy (non-hydrogen) atoms. The molecule has 0 aliphatic heterocycles. The molecule has 0 aliphatic rings. The molecule has 1 aromatic heterocycles. The van der Waals surface area contributed by atoms with Gasteiger partial charge in [-0.2, -0.15) is 0 Å². The average Bonchev–Trinajstić information content (AvgIpc) is 2.48. The van der Waals surface area contributed by atoms with Crippen LogP contribution in [0.1, 0.15) is 36.5 Å². The number of benzene rings is 1. The fraction of sp³-hybridized carbons (Fsp3) is 0.389. The number of rotatable bonds is 5. The number of amides is 1. The van der Waals surface area contributed by atoms with E-state index in [0.29, 0.717) is 0 Å². The van der Waals surface area contributed by atoms with Gasteiger partial charge in [-0.3, -0.25) is 4.79 Å². The van der Waals surface area contributed by atoms with E-state index < -0.39 is 0 Å². The van der Waals surface area contributed by atoms with Gasteiger partial charge in [0.15, 0.2) is 0 Å². The third-order valence-corrected chi connectivity index (χ3v) is 4.62. The molecule has 1 amide bonds. The lowest BCUT2D eigenvalue weighted by Gasteiger charge is -2.16. The Hall–Kier alpha value is -1.88. The first-order valence-electron chi connectivity index (χ1n) is 7.79. The molecule has 0 saturated heterocycles. The van der Waals surface area contributed by atoms with Gasteiger partial charge in [0, 0.05) is 11.4 Å². The minimum absolute atomic E-state index is 0.00656. The number of nitrogens with zero attached hydrogens (tertiary/aromatic N) is 2. The fourth-order valence-corrected chi connectivity index (χ4v) is 3.36. The van der Waals surface area contributed by atoms with Gasteiger partial charge in [-0.15, -0.1) is 0 Å². The molecule has 1 unspecified atom stereocenters. The number of aryl methyl sites for hydroxylation is 4. The van der Waals surface area contributed by atoms with E-state index in [1.54, 1.807) is 0 Å². The lowest BCUT2D eigenvalue weighted by molar-refractivity contribution is -0.115. The first-order chi connectivity index (χ1) is 10.9. The van der Waals surface area contributed by atoms with Crippen LogP contribution in [0.4, 0.5) is 5.69 Å². The van der Waals surface area contributed by atoms with Crippen molar-refractivity contribution in [3.63, 3.8) is 0 Å². The molecular weight excluding hydrogens is 306 g/mol. The number of carbonyl (C=O) groups is 1. The van der Waals surface area contributed by atoms with Gasteiger partial charge in [0.25, 0.3) is 0 Å². The minimum atomic E-state index is -0.229. The van der Waals surface area contributed by atoms with Gasteiger partial charge in [-0.05, 0) is 51.3 Å². The second-order valence-corrected chi connectivity index (χ2v) is 6.97. The van der Waals surface area contributed by atoms with Gasteiger partial charge in [-0.1, -0.05) is 36.9 Å². The summed E-state index contributed by atoms with van der Waals surface area (Å²) in [7, 11) is 0. The molecule has 5 heteroatoms. The first kappa shape index (κ1) is 17.5. The lowest BCUT2D eigenvalue weighted by atomic mass is 10.1. The van der Waals surface area contributed by atoms with Crippen molar-refractivity contribution in [2.75, 3.05) is 5.32 Å². The zero-order chi connectivity index (χ0) is 17.0. The average molecular weight is 329 g/mol. The Kier molecular flexibility index (Phi) is 5.77. The quantitative estimate of drug-likeness (QED) is 0.663. The van der Waals surface area contributed by atoms with Crippen molar-refractivity contribution in [2.45, 2.75) is 51.3 Å².